The first-order valence-corrected chi connectivity index (χ1v) is 11.5. The first-order chi connectivity index (χ1) is 15.6. The summed E-state index contributed by atoms with van der Waals surface area (Å²) in [6.45, 7) is 1.77. The number of nitrogens with zero attached hydrogens (tertiary/aromatic N) is 2. The van der Waals surface area contributed by atoms with Crippen molar-refractivity contribution in [2.75, 3.05) is 6.61 Å². The molecule has 4 unspecified atom stereocenters. The largest absolute Gasteiger partial charge is 0.455 e. The summed E-state index contributed by atoms with van der Waals surface area (Å²) in [6, 6.07) is 20.1. The molecule has 0 radical (unpaired) electrons. The molecule has 3 aliphatic rings. The van der Waals surface area contributed by atoms with Crippen molar-refractivity contribution in [3.05, 3.63) is 77.4 Å². The molecule has 2 saturated carbocycles. The van der Waals surface area contributed by atoms with Crippen LogP contribution in [-0.4, -0.2) is 29.2 Å². The van der Waals surface area contributed by atoms with Crippen molar-refractivity contribution in [3.63, 3.8) is 0 Å². The maximum atomic E-state index is 13.2. The fourth-order valence-corrected chi connectivity index (χ4v) is 4.90. The number of carbonyl (C=O) groups is 2. The Morgan fingerprint density at radius 3 is 2.47 bits per heavy atom. The van der Waals surface area contributed by atoms with Gasteiger partial charge in [0.1, 0.15) is 0 Å². The fourth-order valence-electron chi connectivity index (χ4n) is 4.90. The smallest absolute Gasteiger partial charge is 0.309 e. The first kappa shape index (κ1) is 20.7. The van der Waals surface area contributed by atoms with Crippen molar-refractivity contribution in [1.29, 1.82) is 0 Å². The highest BCUT2D eigenvalue weighted by atomic mass is 16.5. The number of hydrogen-bond acceptors (Lipinski definition) is 4. The molecule has 5 heteroatoms. The van der Waals surface area contributed by atoms with Crippen LogP contribution in [0, 0.1) is 17.8 Å². The van der Waals surface area contributed by atoms with E-state index in [4.69, 9.17) is 9.84 Å². The van der Waals surface area contributed by atoms with E-state index >= 15 is 0 Å². The zero-order valence-electron chi connectivity index (χ0n) is 18.3. The minimum absolute atomic E-state index is 0.0550. The summed E-state index contributed by atoms with van der Waals surface area (Å²) in [7, 11) is 0. The summed E-state index contributed by atoms with van der Waals surface area (Å²) < 4.78 is 5.36. The summed E-state index contributed by atoms with van der Waals surface area (Å²) in [6.07, 6.45) is 6.02. The Hall–Kier alpha value is -3.21. The van der Waals surface area contributed by atoms with Gasteiger partial charge in [-0.15, -0.1) is 0 Å². The second kappa shape index (κ2) is 8.73. The maximum Gasteiger partial charge on any atom is 0.309 e. The van der Waals surface area contributed by atoms with Gasteiger partial charge in [0.05, 0.1) is 17.7 Å². The van der Waals surface area contributed by atoms with E-state index in [-0.39, 0.29) is 36.4 Å². The van der Waals surface area contributed by atoms with Crippen molar-refractivity contribution in [1.82, 2.24) is 5.01 Å². The van der Waals surface area contributed by atoms with Crippen LogP contribution in [0.2, 0.25) is 0 Å². The van der Waals surface area contributed by atoms with E-state index in [1.165, 1.54) is 5.57 Å². The quantitative estimate of drug-likeness (QED) is 0.629. The van der Waals surface area contributed by atoms with Crippen LogP contribution < -0.4 is 0 Å². The number of ether oxygens (including phenoxy) is 1. The summed E-state index contributed by atoms with van der Waals surface area (Å²) in [4.78, 5) is 25.3. The number of esters is 1. The lowest BCUT2D eigenvalue weighted by atomic mass is 9.77. The van der Waals surface area contributed by atoms with Gasteiger partial charge in [0, 0.05) is 5.92 Å². The molecule has 2 fully saturated rings. The third-order valence-corrected chi connectivity index (χ3v) is 6.79. The SMILES string of the molecule is CC1CC1C(=O)OCC(=O)N1N=C2C(=Cc3ccccc3)CCCC2C1c1ccccc1. The monoisotopic (exact) mass is 428 g/mol. The minimum atomic E-state index is -0.268. The second-order valence-corrected chi connectivity index (χ2v) is 9.09. The normalized spacial score (nSPS) is 27.6. The summed E-state index contributed by atoms with van der Waals surface area (Å²) in [5.74, 6) is -0.0856. The lowest BCUT2D eigenvalue weighted by Crippen LogP contribution is -2.34. The average Bonchev–Trinajstić information content (AvgIpc) is 3.42. The molecule has 0 N–H and O–H groups in total. The summed E-state index contributed by atoms with van der Waals surface area (Å²) in [5, 5.41) is 6.41. The molecule has 32 heavy (non-hydrogen) atoms. The molecular formula is C27H28N2O3. The van der Waals surface area contributed by atoms with Crippen LogP contribution in [0.25, 0.3) is 6.08 Å². The van der Waals surface area contributed by atoms with Gasteiger partial charge in [-0.2, -0.15) is 5.10 Å². The average molecular weight is 429 g/mol. The Morgan fingerprint density at radius 2 is 1.78 bits per heavy atom. The molecule has 0 saturated heterocycles. The number of fused-ring (bicyclic) bond motifs is 1. The van der Waals surface area contributed by atoms with Crippen LogP contribution in [0.15, 0.2) is 71.3 Å². The van der Waals surface area contributed by atoms with Gasteiger partial charge in [0.15, 0.2) is 6.61 Å². The molecular weight excluding hydrogens is 400 g/mol. The maximum absolute atomic E-state index is 13.2. The topological polar surface area (TPSA) is 59.0 Å². The third kappa shape index (κ3) is 4.12. The first-order valence-electron chi connectivity index (χ1n) is 11.5. The number of amides is 1. The highest BCUT2D eigenvalue weighted by molar-refractivity contribution is 6.08. The Balaban J connectivity index is 1.43. The fraction of sp³-hybridized carbons (Fsp3) is 0.370. The Bertz CT molecular complexity index is 1060. The van der Waals surface area contributed by atoms with Crippen molar-refractivity contribution in [3.8, 4) is 0 Å². The van der Waals surface area contributed by atoms with E-state index in [1.807, 2.05) is 43.3 Å². The van der Waals surface area contributed by atoms with Crippen LogP contribution in [0.4, 0.5) is 0 Å². The number of allylic oxidation sites excluding steroid dienone is 1. The predicted molar refractivity (Wildman–Crippen MR) is 123 cm³/mol. The van der Waals surface area contributed by atoms with Crippen molar-refractivity contribution in [2.24, 2.45) is 22.9 Å². The Kier molecular flexibility index (Phi) is 5.64. The molecule has 2 aromatic carbocycles. The molecule has 5 nitrogen and oxygen atoms in total. The number of rotatable bonds is 5. The van der Waals surface area contributed by atoms with Gasteiger partial charge >= 0.3 is 5.97 Å². The van der Waals surface area contributed by atoms with E-state index in [1.54, 1.807) is 5.01 Å². The summed E-state index contributed by atoms with van der Waals surface area (Å²) in [5.41, 5.74) is 4.38. The van der Waals surface area contributed by atoms with Gasteiger partial charge in [-0.05, 0) is 54.4 Å². The van der Waals surface area contributed by atoms with E-state index in [0.717, 1.165) is 42.5 Å². The van der Waals surface area contributed by atoms with E-state index in [0.29, 0.717) is 5.92 Å². The van der Waals surface area contributed by atoms with Gasteiger partial charge in [-0.1, -0.05) is 67.6 Å². The number of hydrogen-bond donors (Lipinski definition) is 0. The minimum Gasteiger partial charge on any atom is -0.455 e. The molecule has 1 heterocycles. The van der Waals surface area contributed by atoms with Gasteiger partial charge in [-0.25, -0.2) is 5.01 Å². The molecule has 2 aliphatic carbocycles. The highest BCUT2D eigenvalue weighted by Crippen LogP contribution is 2.44. The van der Waals surface area contributed by atoms with E-state index < -0.39 is 0 Å². The molecule has 1 amide bonds. The van der Waals surface area contributed by atoms with Gasteiger partial charge < -0.3 is 4.74 Å². The van der Waals surface area contributed by atoms with Crippen LogP contribution in [0.5, 0.6) is 0 Å². The number of hydrazone groups is 1. The molecule has 0 spiro atoms. The lowest BCUT2D eigenvalue weighted by molar-refractivity contribution is -0.154. The highest BCUT2D eigenvalue weighted by Gasteiger charge is 2.45. The molecule has 5 rings (SSSR count). The molecule has 4 atom stereocenters. The van der Waals surface area contributed by atoms with Gasteiger partial charge in [-0.3, -0.25) is 9.59 Å². The molecule has 0 aromatic heterocycles. The van der Waals surface area contributed by atoms with Gasteiger partial charge in [0.25, 0.3) is 5.91 Å². The van der Waals surface area contributed by atoms with Crippen LogP contribution >= 0.6 is 0 Å². The molecule has 2 aromatic rings. The molecule has 0 bridgehead atoms. The van der Waals surface area contributed by atoms with E-state index in [9.17, 15) is 9.59 Å². The van der Waals surface area contributed by atoms with Crippen molar-refractivity contribution >= 4 is 23.7 Å². The zero-order valence-corrected chi connectivity index (χ0v) is 18.3. The van der Waals surface area contributed by atoms with Crippen LogP contribution in [0.3, 0.4) is 0 Å². The van der Waals surface area contributed by atoms with Crippen molar-refractivity contribution < 1.29 is 14.3 Å². The zero-order chi connectivity index (χ0) is 22.1. The lowest BCUT2D eigenvalue weighted by Gasteiger charge is -2.29. The molecule has 1 aliphatic heterocycles. The Labute approximate surface area is 188 Å². The third-order valence-electron chi connectivity index (χ3n) is 6.79. The van der Waals surface area contributed by atoms with Crippen LogP contribution in [-0.2, 0) is 14.3 Å². The predicted octanol–water partition coefficient (Wildman–Crippen LogP) is 5.01. The number of benzene rings is 2. The summed E-state index contributed by atoms with van der Waals surface area (Å²) >= 11 is 0. The number of carbonyl (C=O) groups excluding carboxylic acids is 2. The van der Waals surface area contributed by atoms with Crippen LogP contribution in [0.1, 0.15) is 49.8 Å². The van der Waals surface area contributed by atoms with E-state index in [2.05, 4.69) is 30.3 Å². The van der Waals surface area contributed by atoms with Crippen molar-refractivity contribution in [2.45, 2.75) is 38.6 Å². The Morgan fingerprint density at radius 1 is 1.09 bits per heavy atom. The second-order valence-electron chi connectivity index (χ2n) is 9.09. The van der Waals surface area contributed by atoms with Gasteiger partial charge in [0.2, 0.25) is 0 Å². The standard InChI is InChI=1S/C27H28N2O3/c1-18-15-23(18)27(31)32-17-24(30)29-26(20-11-6-3-7-12-20)22-14-8-13-21(25(22)28-29)16-19-9-4-2-5-10-19/h2-7,9-12,16,18,22-23,26H,8,13-15,17H2,1H3. The molecule has 164 valence electrons.